The number of halogens is 2. The molecule has 0 spiro atoms. The van der Waals surface area contributed by atoms with E-state index in [1.54, 1.807) is 0 Å². The van der Waals surface area contributed by atoms with Crippen molar-refractivity contribution >= 4 is 39.8 Å². The molecule has 0 bridgehead atoms. The average molecular weight is 619 g/mol. The smallest absolute Gasteiger partial charge is 0.318 e. The molecule has 1 aromatic carbocycles. The summed E-state index contributed by atoms with van der Waals surface area (Å²) < 4.78 is 19.9. The zero-order valence-electron chi connectivity index (χ0n) is 24.9. The van der Waals surface area contributed by atoms with Crippen LogP contribution < -0.4 is 14.5 Å². The first-order chi connectivity index (χ1) is 21.3. The van der Waals surface area contributed by atoms with Gasteiger partial charge in [-0.3, -0.25) is 9.78 Å². The number of nitrogens with zero attached hydrogens (tertiary/aromatic N) is 8. The minimum absolute atomic E-state index is 0.0715. The Morgan fingerprint density at radius 3 is 2.84 bits per heavy atom. The Morgan fingerprint density at radius 1 is 1.23 bits per heavy atom. The van der Waals surface area contributed by atoms with E-state index in [0.29, 0.717) is 50.2 Å². The fourth-order valence-corrected chi connectivity index (χ4v) is 6.49. The molecular weight excluding hydrogens is 583 g/mol. The molecule has 44 heavy (non-hydrogen) atoms. The molecule has 0 radical (unpaired) electrons. The molecule has 2 aromatic heterocycles. The SMILES string of the molecule is C=C(F)C(=O)N1CCN(c2nc(OCCN(C)CC3CC3)nc3c2CCN(c2cncc4cccc(Cl)c24)C3)C[C@@H]1CC#N. The van der Waals surface area contributed by atoms with Gasteiger partial charge in [0.2, 0.25) is 0 Å². The number of amides is 1. The lowest BCUT2D eigenvalue weighted by molar-refractivity contribution is -0.131. The molecule has 4 heterocycles. The maximum atomic E-state index is 13.8. The molecule has 0 N–H and O–H groups in total. The summed E-state index contributed by atoms with van der Waals surface area (Å²) >= 11 is 6.65. The van der Waals surface area contributed by atoms with Crippen molar-refractivity contribution in [3.8, 4) is 12.1 Å². The van der Waals surface area contributed by atoms with Crippen molar-refractivity contribution in [1.82, 2.24) is 24.8 Å². The normalized spacial score (nSPS) is 18.3. The number of hydrogen-bond acceptors (Lipinski definition) is 9. The van der Waals surface area contributed by atoms with Crippen LogP contribution in [0.15, 0.2) is 43.0 Å². The van der Waals surface area contributed by atoms with Crippen molar-refractivity contribution in [1.29, 1.82) is 5.26 Å². The zero-order chi connectivity index (χ0) is 30.8. The summed E-state index contributed by atoms with van der Waals surface area (Å²) in [6.45, 7) is 7.68. The lowest BCUT2D eigenvalue weighted by atomic mass is 10.0. The maximum Gasteiger partial charge on any atom is 0.318 e. The Morgan fingerprint density at radius 2 is 2.07 bits per heavy atom. The molecule has 0 unspecified atom stereocenters. The number of nitriles is 1. The largest absolute Gasteiger partial charge is 0.462 e. The highest BCUT2D eigenvalue weighted by Crippen LogP contribution is 2.37. The highest BCUT2D eigenvalue weighted by Gasteiger charge is 2.35. The van der Waals surface area contributed by atoms with E-state index < -0.39 is 17.8 Å². The lowest BCUT2D eigenvalue weighted by Crippen LogP contribution is -2.55. The van der Waals surface area contributed by atoms with Gasteiger partial charge < -0.3 is 24.3 Å². The fourth-order valence-electron chi connectivity index (χ4n) is 6.21. The van der Waals surface area contributed by atoms with Gasteiger partial charge in [0.05, 0.1) is 47.7 Å². The summed E-state index contributed by atoms with van der Waals surface area (Å²) in [5.74, 6) is -0.270. The topological polar surface area (TPSA) is 102 Å². The maximum absolute atomic E-state index is 13.8. The third-order valence-corrected chi connectivity index (χ3v) is 8.96. The summed E-state index contributed by atoms with van der Waals surface area (Å²) in [6.07, 6.45) is 6.98. The summed E-state index contributed by atoms with van der Waals surface area (Å²) in [5.41, 5.74) is 2.79. The summed E-state index contributed by atoms with van der Waals surface area (Å²) in [7, 11) is 2.10. The Balaban J connectivity index is 1.30. The molecular formula is C32H36ClFN8O2. The van der Waals surface area contributed by atoms with Crippen LogP contribution in [0.1, 0.15) is 30.5 Å². The molecule has 3 aliphatic rings. The van der Waals surface area contributed by atoms with Gasteiger partial charge in [0.15, 0.2) is 5.83 Å². The van der Waals surface area contributed by atoms with E-state index in [-0.39, 0.29) is 13.0 Å². The van der Waals surface area contributed by atoms with Crippen LogP contribution in [0, 0.1) is 17.2 Å². The molecule has 3 aromatic rings. The molecule has 1 aliphatic carbocycles. The van der Waals surface area contributed by atoms with E-state index in [2.05, 4.69) is 39.4 Å². The van der Waals surface area contributed by atoms with Crippen LogP contribution in [-0.4, -0.2) is 89.6 Å². The quantitative estimate of drug-likeness (QED) is 0.306. The Labute approximate surface area is 261 Å². The van der Waals surface area contributed by atoms with Gasteiger partial charge in [-0.15, -0.1) is 0 Å². The number of carbonyl (C=O) groups is 1. The molecule has 1 atom stereocenters. The molecule has 230 valence electrons. The monoisotopic (exact) mass is 618 g/mol. The number of rotatable bonds is 10. The lowest BCUT2D eigenvalue weighted by Gasteiger charge is -2.42. The number of anilines is 2. The van der Waals surface area contributed by atoms with E-state index in [1.165, 1.54) is 17.7 Å². The number of ether oxygens (including phenoxy) is 1. The first-order valence-corrected chi connectivity index (χ1v) is 15.5. The molecule has 1 amide bonds. The van der Waals surface area contributed by atoms with Crippen LogP contribution in [0.25, 0.3) is 10.8 Å². The molecule has 2 fully saturated rings. The minimum atomic E-state index is -1.02. The minimum Gasteiger partial charge on any atom is -0.462 e. The van der Waals surface area contributed by atoms with Crippen molar-refractivity contribution < 1.29 is 13.9 Å². The number of aromatic nitrogens is 3. The van der Waals surface area contributed by atoms with Crippen molar-refractivity contribution in [2.24, 2.45) is 5.92 Å². The molecule has 1 saturated heterocycles. The predicted octanol–water partition coefficient (Wildman–Crippen LogP) is 4.38. The summed E-state index contributed by atoms with van der Waals surface area (Å²) in [6, 6.07) is 7.75. The number of benzene rings is 1. The second-order valence-electron chi connectivity index (χ2n) is 11.8. The van der Waals surface area contributed by atoms with Crippen molar-refractivity contribution in [2.75, 3.05) is 62.7 Å². The molecule has 2 aliphatic heterocycles. The Kier molecular flexibility index (Phi) is 8.82. The van der Waals surface area contributed by atoms with Crippen LogP contribution in [-0.2, 0) is 17.8 Å². The fraction of sp³-hybridized carbons (Fsp3) is 0.469. The number of fused-ring (bicyclic) bond motifs is 2. The Hall–Kier alpha value is -4.01. The third kappa shape index (κ3) is 6.42. The van der Waals surface area contributed by atoms with Crippen LogP contribution in [0.4, 0.5) is 15.9 Å². The van der Waals surface area contributed by atoms with E-state index >= 15 is 0 Å². The average Bonchev–Trinajstić information content (AvgIpc) is 3.84. The number of piperazine rings is 1. The van der Waals surface area contributed by atoms with Crippen LogP contribution >= 0.6 is 11.6 Å². The summed E-state index contributed by atoms with van der Waals surface area (Å²) in [4.78, 5) is 34.7. The third-order valence-electron chi connectivity index (χ3n) is 8.65. The highest BCUT2D eigenvalue weighted by molar-refractivity contribution is 6.36. The second-order valence-corrected chi connectivity index (χ2v) is 12.2. The van der Waals surface area contributed by atoms with Crippen molar-refractivity contribution in [2.45, 2.75) is 38.3 Å². The van der Waals surface area contributed by atoms with E-state index in [0.717, 1.165) is 52.5 Å². The van der Waals surface area contributed by atoms with Gasteiger partial charge in [0.1, 0.15) is 12.4 Å². The summed E-state index contributed by atoms with van der Waals surface area (Å²) in [5, 5.41) is 12.1. The van der Waals surface area contributed by atoms with Gasteiger partial charge in [-0.2, -0.15) is 15.2 Å². The van der Waals surface area contributed by atoms with Crippen molar-refractivity contribution in [3.05, 3.63) is 59.3 Å². The standard InChI is InChI=1S/C32H36ClFN8O2/c1-21(34)31(43)42-13-12-41(19-24(42)8-10-35)30-25-9-11-40(28-17-36-16-23-4-3-5-26(33)29(23)28)20-27(25)37-32(38-30)44-15-14-39(2)18-22-6-7-22/h3-5,16-17,22,24H,1,6-9,11-15,18-20H2,2H3/t24-/m0/s1. The molecule has 10 nitrogen and oxygen atoms in total. The zero-order valence-corrected chi connectivity index (χ0v) is 25.6. The first kappa shape index (κ1) is 30.0. The van der Waals surface area contributed by atoms with E-state index in [1.807, 2.05) is 30.6 Å². The van der Waals surface area contributed by atoms with E-state index in [9.17, 15) is 14.4 Å². The van der Waals surface area contributed by atoms with Gasteiger partial charge >= 0.3 is 6.01 Å². The van der Waals surface area contributed by atoms with Crippen LogP contribution in [0.2, 0.25) is 5.02 Å². The van der Waals surface area contributed by atoms with Gasteiger partial charge in [0, 0.05) is 61.8 Å². The van der Waals surface area contributed by atoms with Gasteiger partial charge in [0.25, 0.3) is 5.91 Å². The van der Waals surface area contributed by atoms with E-state index in [4.69, 9.17) is 26.3 Å². The van der Waals surface area contributed by atoms with Crippen LogP contribution in [0.5, 0.6) is 6.01 Å². The second kappa shape index (κ2) is 12.9. The number of pyridine rings is 1. The van der Waals surface area contributed by atoms with Gasteiger partial charge in [-0.25, -0.2) is 4.39 Å². The first-order valence-electron chi connectivity index (χ1n) is 15.1. The van der Waals surface area contributed by atoms with Crippen molar-refractivity contribution in [3.63, 3.8) is 0 Å². The highest BCUT2D eigenvalue weighted by atomic mass is 35.5. The Bertz CT molecular complexity index is 1600. The predicted molar refractivity (Wildman–Crippen MR) is 167 cm³/mol. The number of carbonyl (C=O) groups excluding carboxylic acids is 1. The molecule has 6 rings (SSSR count). The number of hydrogen-bond donors (Lipinski definition) is 0. The molecule has 1 saturated carbocycles. The molecule has 12 heteroatoms. The van der Waals surface area contributed by atoms with Crippen LogP contribution in [0.3, 0.4) is 0 Å². The number of likely N-dealkylation sites (N-methyl/N-ethyl adjacent to an activating group) is 1. The van der Waals surface area contributed by atoms with Gasteiger partial charge in [-0.1, -0.05) is 30.3 Å². The van der Waals surface area contributed by atoms with Gasteiger partial charge in [-0.05, 0) is 38.3 Å².